The number of nitrogens with one attached hydrogen (secondary N) is 1. The Balaban J connectivity index is 2.59. The first-order valence-electron chi connectivity index (χ1n) is 5.64. The van der Waals surface area contributed by atoms with Gasteiger partial charge in [-0.05, 0) is 18.1 Å². The Morgan fingerprint density at radius 1 is 1.31 bits per heavy atom. The van der Waals surface area contributed by atoms with Gasteiger partial charge in [-0.25, -0.2) is 0 Å². The molecule has 0 aliphatic rings. The fraction of sp³-hybridized carbons (Fsp3) is 0.538. The highest BCUT2D eigenvalue weighted by Gasteiger charge is 2.05. The smallest absolute Gasteiger partial charge is 0.0596 e. The van der Waals surface area contributed by atoms with Crippen molar-refractivity contribution in [3.8, 4) is 0 Å². The van der Waals surface area contributed by atoms with Gasteiger partial charge in [-0.15, -0.1) is 0 Å². The van der Waals surface area contributed by atoms with Crippen molar-refractivity contribution in [3.05, 3.63) is 24.3 Å². The van der Waals surface area contributed by atoms with Gasteiger partial charge in [-0.1, -0.05) is 19.1 Å². The molecule has 1 N–H and O–H groups in total. The maximum atomic E-state index is 5.12. The molecule has 0 spiro atoms. The molecule has 3 heteroatoms. The molecule has 0 aromatic heterocycles. The number of anilines is 2. The van der Waals surface area contributed by atoms with Crippen LogP contribution >= 0.6 is 0 Å². The molecule has 0 saturated heterocycles. The van der Waals surface area contributed by atoms with Gasteiger partial charge in [0.2, 0.25) is 0 Å². The molecule has 0 heterocycles. The lowest BCUT2D eigenvalue weighted by Gasteiger charge is -2.20. The summed E-state index contributed by atoms with van der Waals surface area (Å²) in [6.45, 7) is 3.89. The Labute approximate surface area is 98.4 Å². The van der Waals surface area contributed by atoms with Gasteiger partial charge in [-0.2, -0.15) is 0 Å². The standard InChI is InChI=1S/C13H22N2O/c1-11(10-16-4)9-14-12-7-5-6-8-13(12)15(2)3/h5-8,11,14H,9-10H2,1-4H3. The molecule has 0 amide bonds. The van der Waals surface area contributed by atoms with Crippen molar-refractivity contribution in [1.29, 1.82) is 0 Å². The van der Waals surface area contributed by atoms with Crippen LogP contribution in [0.5, 0.6) is 0 Å². The van der Waals surface area contributed by atoms with E-state index in [0.29, 0.717) is 5.92 Å². The molecule has 90 valence electrons. The summed E-state index contributed by atoms with van der Waals surface area (Å²) in [5.41, 5.74) is 2.39. The predicted octanol–water partition coefficient (Wildman–Crippen LogP) is 2.45. The highest BCUT2D eigenvalue weighted by atomic mass is 16.5. The van der Waals surface area contributed by atoms with Crippen molar-refractivity contribution in [2.45, 2.75) is 6.92 Å². The van der Waals surface area contributed by atoms with Crippen LogP contribution in [0.2, 0.25) is 0 Å². The maximum absolute atomic E-state index is 5.12. The van der Waals surface area contributed by atoms with E-state index in [1.165, 1.54) is 11.4 Å². The quantitative estimate of drug-likeness (QED) is 0.800. The molecule has 1 atom stereocenters. The van der Waals surface area contributed by atoms with Crippen molar-refractivity contribution in [3.63, 3.8) is 0 Å². The van der Waals surface area contributed by atoms with Crippen LogP contribution in [-0.4, -0.2) is 34.4 Å². The van der Waals surface area contributed by atoms with Gasteiger partial charge in [0, 0.05) is 27.7 Å². The molecular formula is C13H22N2O. The molecule has 0 aliphatic carbocycles. The summed E-state index contributed by atoms with van der Waals surface area (Å²) in [6.07, 6.45) is 0. The highest BCUT2D eigenvalue weighted by molar-refractivity contribution is 5.69. The molecule has 1 rings (SSSR count). The first-order chi connectivity index (χ1) is 7.65. The second-order valence-corrected chi connectivity index (χ2v) is 4.35. The predicted molar refractivity (Wildman–Crippen MR) is 70.3 cm³/mol. The van der Waals surface area contributed by atoms with Crippen LogP contribution in [0.3, 0.4) is 0 Å². The SMILES string of the molecule is COCC(C)CNc1ccccc1N(C)C. The number of nitrogens with zero attached hydrogens (tertiary/aromatic N) is 1. The van der Waals surface area contributed by atoms with Gasteiger partial charge < -0.3 is 15.0 Å². The van der Waals surface area contributed by atoms with Crippen molar-refractivity contribution < 1.29 is 4.74 Å². The highest BCUT2D eigenvalue weighted by Crippen LogP contribution is 2.23. The van der Waals surface area contributed by atoms with E-state index in [-0.39, 0.29) is 0 Å². The van der Waals surface area contributed by atoms with Crippen molar-refractivity contribution >= 4 is 11.4 Å². The summed E-state index contributed by atoms with van der Waals surface area (Å²) in [6, 6.07) is 8.33. The largest absolute Gasteiger partial charge is 0.384 e. The average Bonchev–Trinajstić information content (AvgIpc) is 2.27. The molecule has 16 heavy (non-hydrogen) atoms. The van der Waals surface area contributed by atoms with Gasteiger partial charge in [0.25, 0.3) is 0 Å². The van der Waals surface area contributed by atoms with Crippen LogP contribution in [-0.2, 0) is 4.74 Å². The Morgan fingerprint density at radius 3 is 2.62 bits per heavy atom. The number of para-hydroxylation sites is 2. The van der Waals surface area contributed by atoms with Crippen LogP contribution in [0.1, 0.15) is 6.92 Å². The topological polar surface area (TPSA) is 24.5 Å². The van der Waals surface area contributed by atoms with E-state index in [1.807, 2.05) is 0 Å². The van der Waals surface area contributed by atoms with Gasteiger partial charge in [-0.3, -0.25) is 0 Å². The first-order valence-corrected chi connectivity index (χ1v) is 5.64. The van der Waals surface area contributed by atoms with Gasteiger partial charge in [0.15, 0.2) is 0 Å². The van der Waals surface area contributed by atoms with E-state index in [0.717, 1.165) is 13.2 Å². The molecule has 0 aliphatic heterocycles. The number of hydrogen-bond donors (Lipinski definition) is 1. The molecule has 0 radical (unpaired) electrons. The first kappa shape index (κ1) is 12.8. The van der Waals surface area contributed by atoms with Crippen molar-refractivity contribution in [2.75, 3.05) is 44.6 Å². The van der Waals surface area contributed by atoms with Crippen molar-refractivity contribution in [2.24, 2.45) is 5.92 Å². The average molecular weight is 222 g/mol. The fourth-order valence-corrected chi connectivity index (χ4v) is 1.64. The summed E-state index contributed by atoms with van der Waals surface area (Å²) in [5.74, 6) is 0.514. The van der Waals surface area contributed by atoms with E-state index in [1.54, 1.807) is 7.11 Å². The van der Waals surface area contributed by atoms with E-state index in [4.69, 9.17) is 4.74 Å². The third kappa shape index (κ3) is 3.74. The molecule has 0 bridgehead atoms. The minimum Gasteiger partial charge on any atom is -0.384 e. The Kier molecular flexibility index (Phi) is 5.12. The van der Waals surface area contributed by atoms with Gasteiger partial charge >= 0.3 is 0 Å². The van der Waals surface area contributed by atoms with Crippen molar-refractivity contribution in [1.82, 2.24) is 0 Å². The monoisotopic (exact) mass is 222 g/mol. The number of hydrogen-bond acceptors (Lipinski definition) is 3. The third-order valence-electron chi connectivity index (χ3n) is 2.48. The number of ether oxygens (including phenoxy) is 1. The lowest BCUT2D eigenvalue weighted by atomic mass is 10.2. The lowest BCUT2D eigenvalue weighted by molar-refractivity contribution is 0.164. The number of methoxy groups -OCH3 is 1. The minimum atomic E-state index is 0.514. The summed E-state index contributed by atoms with van der Waals surface area (Å²) >= 11 is 0. The normalized spacial score (nSPS) is 12.2. The zero-order valence-electron chi connectivity index (χ0n) is 10.7. The lowest BCUT2D eigenvalue weighted by Crippen LogP contribution is -2.18. The van der Waals surface area contributed by atoms with E-state index < -0.39 is 0 Å². The van der Waals surface area contributed by atoms with E-state index >= 15 is 0 Å². The maximum Gasteiger partial charge on any atom is 0.0596 e. The Morgan fingerprint density at radius 2 is 2.00 bits per heavy atom. The molecule has 1 aromatic rings. The molecule has 1 aromatic carbocycles. The van der Waals surface area contributed by atoms with Gasteiger partial charge in [0.1, 0.15) is 0 Å². The third-order valence-corrected chi connectivity index (χ3v) is 2.48. The molecule has 1 unspecified atom stereocenters. The number of benzene rings is 1. The minimum absolute atomic E-state index is 0.514. The van der Waals surface area contributed by atoms with Crippen LogP contribution in [0, 0.1) is 5.92 Å². The zero-order chi connectivity index (χ0) is 12.0. The van der Waals surface area contributed by atoms with Crippen LogP contribution in [0.4, 0.5) is 11.4 Å². The molecular weight excluding hydrogens is 200 g/mol. The number of rotatable bonds is 6. The summed E-state index contributed by atoms with van der Waals surface area (Å²) in [4.78, 5) is 2.11. The molecule has 3 nitrogen and oxygen atoms in total. The van der Waals surface area contributed by atoms with Crippen LogP contribution in [0.15, 0.2) is 24.3 Å². The fourth-order valence-electron chi connectivity index (χ4n) is 1.64. The molecule has 0 saturated carbocycles. The van der Waals surface area contributed by atoms with Crippen LogP contribution < -0.4 is 10.2 Å². The summed E-state index contributed by atoms with van der Waals surface area (Å²) in [7, 11) is 5.85. The van der Waals surface area contributed by atoms with E-state index in [9.17, 15) is 0 Å². The Bertz CT molecular complexity index is 313. The molecule has 0 fully saturated rings. The Hall–Kier alpha value is -1.22. The van der Waals surface area contributed by atoms with Gasteiger partial charge in [0.05, 0.1) is 18.0 Å². The van der Waals surface area contributed by atoms with Crippen LogP contribution in [0.25, 0.3) is 0 Å². The van der Waals surface area contributed by atoms with E-state index in [2.05, 4.69) is 55.5 Å². The summed E-state index contributed by atoms with van der Waals surface area (Å²) < 4.78 is 5.12. The second-order valence-electron chi connectivity index (χ2n) is 4.35. The second kappa shape index (κ2) is 6.38. The zero-order valence-corrected chi connectivity index (χ0v) is 10.7. The summed E-state index contributed by atoms with van der Waals surface area (Å²) in [5, 5.41) is 3.46.